The molecule has 0 aromatic heterocycles. The lowest BCUT2D eigenvalue weighted by Crippen LogP contribution is -2.43. The summed E-state index contributed by atoms with van der Waals surface area (Å²) < 4.78 is 0. The molecule has 0 amide bonds. The van der Waals surface area contributed by atoms with Crippen molar-refractivity contribution in [2.45, 2.75) is 51.2 Å². The summed E-state index contributed by atoms with van der Waals surface area (Å²) in [4.78, 5) is 2.36. The Morgan fingerprint density at radius 2 is 2.13 bits per heavy atom. The summed E-state index contributed by atoms with van der Waals surface area (Å²) in [6.45, 7) is 5.50. The first-order chi connectivity index (χ1) is 6.94. The highest BCUT2D eigenvalue weighted by molar-refractivity contribution is 4.81. The summed E-state index contributed by atoms with van der Waals surface area (Å²) >= 11 is 0. The van der Waals surface area contributed by atoms with Crippen LogP contribution in [0.5, 0.6) is 0 Å². The molecule has 1 rings (SSSR count). The van der Waals surface area contributed by atoms with Crippen LogP contribution in [0.3, 0.4) is 0 Å². The Kier molecular flexibility index (Phi) is 4.56. The summed E-state index contributed by atoms with van der Waals surface area (Å²) in [5.74, 6) is 0.889. The van der Waals surface area contributed by atoms with Gasteiger partial charge in [-0.05, 0) is 46.1 Å². The van der Waals surface area contributed by atoms with Gasteiger partial charge in [0.2, 0.25) is 0 Å². The van der Waals surface area contributed by atoms with Crippen molar-refractivity contribution in [2.75, 3.05) is 20.1 Å². The first-order valence-electron chi connectivity index (χ1n) is 6.07. The van der Waals surface area contributed by atoms with Crippen LogP contribution < -0.4 is 5.73 Å². The van der Waals surface area contributed by atoms with Gasteiger partial charge in [0.25, 0.3) is 0 Å². The number of rotatable bonds is 6. The Hall–Kier alpha value is -0.120. The molecule has 15 heavy (non-hydrogen) atoms. The van der Waals surface area contributed by atoms with E-state index in [9.17, 15) is 5.11 Å². The lowest BCUT2D eigenvalue weighted by atomic mass is 9.84. The van der Waals surface area contributed by atoms with Crippen LogP contribution in [-0.2, 0) is 0 Å². The van der Waals surface area contributed by atoms with Crippen molar-refractivity contribution in [2.24, 2.45) is 11.7 Å². The number of nitrogens with zero attached hydrogens (tertiary/aromatic N) is 1. The van der Waals surface area contributed by atoms with Crippen molar-refractivity contribution < 1.29 is 5.11 Å². The zero-order chi connectivity index (χ0) is 11.5. The molecule has 0 aromatic rings. The summed E-state index contributed by atoms with van der Waals surface area (Å²) in [6, 6.07) is 0.407. The summed E-state index contributed by atoms with van der Waals surface area (Å²) in [7, 11) is 2.15. The predicted octanol–water partition coefficient (Wildman–Crippen LogP) is 1.21. The second-order valence-corrected chi connectivity index (χ2v) is 5.49. The molecule has 1 aliphatic rings. The van der Waals surface area contributed by atoms with Crippen LogP contribution in [0.1, 0.15) is 39.5 Å². The Bertz CT molecular complexity index is 190. The fourth-order valence-electron chi connectivity index (χ4n) is 2.14. The Morgan fingerprint density at radius 1 is 1.53 bits per heavy atom. The molecule has 1 saturated carbocycles. The first-order valence-corrected chi connectivity index (χ1v) is 6.07. The molecule has 2 unspecified atom stereocenters. The molecular formula is C12H26N2O. The van der Waals surface area contributed by atoms with Crippen molar-refractivity contribution in [1.82, 2.24) is 4.90 Å². The molecule has 3 heteroatoms. The molecule has 3 N–H and O–H groups in total. The van der Waals surface area contributed by atoms with Crippen LogP contribution in [-0.4, -0.2) is 41.8 Å². The van der Waals surface area contributed by atoms with E-state index in [2.05, 4.69) is 18.9 Å². The fraction of sp³-hybridized carbons (Fsp3) is 1.00. The lowest BCUT2D eigenvalue weighted by Gasteiger charge is -2.36. The Labute approximate surface area is 93.6 Å². The van der Waals surface area contributed by atoms with Gasteiger partial charge in [-0.15, -0.1) is 0 Å². The number of hydrogen-bond donors (Lipinski definition) is 2. The van der Waals surface area contributed by atoms with Gasteiger partial charge in [-0.3, -0.25) is 0 Å². The van der Waals surface area contributed by atoms with Gasteiger partial charge in [0.15, 0.2) is 0 Å². The van der Waals surface area contributed by atoms with Gasteiger partial charge >= 0.3 is 0 Å². The molecule has 0 spiro atoms. The normalized spacial score (nSPS) is 23.6. The number of aliphatic hydroxyl groups is 1. The zero-order valence-electron chi connectivity index (χ0n) is 10.4. The van der Waals surface area contributed by atoms with Gasteiger partial charge in [-0.1, -0.05) is 6.42 Å². The Balaban J connectivity index is 2.28. The smallest absolute Gasteiger partial charge is 0.0756 e. The highest BCUT2D eigenvalue weighted by atomic mass is 16.3. The van der Waals surface area contributed by atoms with Crippen LogP contribution in [0.15, 0.2) is 0 Å². The van der Waals surface area contributed by atoms with Crippen LogP contribution in [0.2, 0.25) is 0 Å². The van der Waals surface area contributed by atoms with Crippen LogP contribution in [0.25, 0.3) is 0 Å². The average Bonchev–Trinajstić information content (AvgIpc) is 2.10. The number of nitrogens with two attached hydrogens (primary N) is 1. The van der Waals surface area contributed by atoms with E-state index >= 15 is 0 Å². The predicted molar refractivity (Wildman–Crippen MR) is 63.7 cm³/mol. The fourth-order valence-corrected chi connectivity index (χ4v) is 2.14. The van der Waals surface area contributed by atoms with Crippen molar-refractivity contribution in [3.63, 3.8) is 0 Å². The van der Waals surface area contributed by atoms with E-state index in [-0.39, 0.29) is 0 Å². The lowest BCUT2D eigenvalue weighted by molar-refractivity contribution is 0.0284. The third-order valence-corrected chi connectivity index (χ3v) is 3.70. The van der Waals surface area contributed by atoms with Gasteiger partial charge in [0.1, 0.15) is 0 Å². The molecule has 1 fully saturated rings. The maximum atomic E-state index is 9.90. The van der Waals surface area contributed by atoms with Gasteiger partial charge in [-0.25, -0.2) is 0 Å². The Morgan fingerprint density at radius 3 is 2.53 bits per heavy atom. The maximum absolute atomic E-state index is 9.90. The van der Waals surface area contributed by atoms with Crippen molar-refractivity contribution in [1.29, 1.82) is 0 Å². The van der Waals surface area contributed by atoms with Crippen LogP contribution in [0, 0.1) is 5.92 Å². The minimum absolute atomic E-state index is 0.342. The van der Waals surface area contributed by atoms with E-state index in [1.54, 1.807) is 0 Å². The standard InChI is InChI=1S/C12H26N2O/c1-10(7-12(2,15)9-13)14(3)8-11-5-4-6-11/h10-11,15H,4-9,13H2,1-3H3. The maximum Gasteiger partial charge on any atom is 0.0756 e. The summed E-state index contributed by atoms with van der Waals surface area (Å²) in [5.41, 5.74) is 4.81. The topological polar surface area (TPSA) is 49.5 Å². The molecule has 0 saturated heterocycles. The van der Waals surface area contributed by atoms with Gasteiger partial charge in [-0.2, -0.15) is 0 Å². The van der Waals surface area contributed by atoms with Crippen molar-refractivity contribution >= 4 is 0 Å². The van der Waals surface area contributed by atoms with E-state index < -0.39 is 5.60 Å². The summed E-state index contributed by atoms with van der Waals surface area (Å²) in [5, 5.41) is 9.90. The molecule has 0 heterocycles. The minimum Gasteiger partial charge on any atom is -0.389 e. The van der Waals surface area contributed by atoms with Gasteiger partial charge in [0.05, 0.1) is 5.60 Å². The first kappa shape index (κ1) is 12.9. The van der Waals surface area contributed by atoms with Crippen LogP contribution in [0.4, 0.5) is 0 Å². The third-order valence-electron chi connectivity index (χ3n) is 3.70. The third kappa shape index (κ3) is 4.09. The molecule has 0 bridgehead atoms. The van der Waals surface area contributed by atoms with E-state index in [0.29, 0.717) is 12.6 Å². The van der Waals surface area contributed by atoms with E-state index in [4.69, 9.17) is 5.73 Å². The second kappa shape index (κ2) is 5.28. The largest absolute Gasteiger partial charge is 0.389 e. The molecule has 0 radical (unpaired) electrons. The average molecular weight is 214 g/mol. The molecule has 0 aromatic carbocycles. The molecule has 0 aliphatic heterocycles. The van der Waals surface area contributed by atoms with Gasteiger partial charge < -0.3 is 15.7 Å². The molecule has 2 atom stereocenters. The SMILES string of the molecule is CC(CC(C)(O)CN)N(C)CC1CCC1. The van der Waals surface area contributed by atoms with Crippen molar-refractivity contribution in [3.05, 3.63) is 0 Å². The quantitative estimate of drug-likeness (QED) is 0.698. The highest BCUT2D eigenvalue weighted by Gasteiger charge is 2.26. The molecule has 3 nitrogen and oxygen atoms in total. The molecule has 1 aliphatic carbocycles. The van der Waals surface area contributed by atoms with Gasteiger partial charge in [0, 0.05) is 19.1 Å². The van der Waals surface area contributed by atoms with Crippen LogP contribution >= 0.6 is 0 Å². The molecular weight excluding hydrogens is 188 g/mol. The highest BCUT2D eigenvalue weighted by Crippen LogP contribution is 2.27. The zero-order valence-corrected chi connectivity index (χ0v) is 10.4. The number of hydrogen-bond acceptors (Lipinski definition) is 3. The summed E-state index contributed by atoms with van der Waals surface area (Å²) in [6.07, 6.45) is 4.91. The van der Waals surface area contributed by atoms with E-state index in [1.165, 1.54) is 25.8 Å². The van der Waals surface area contributed by atoms with Crippen molar-refractivity contribution in [3.8, 4) is 0 Å². The minimum atomic E-state index is -0.715. The second-order valence-electron chi connectivity index (χ2n) is 5.49. The van der Waals surface area contributed by atoms with E-state index in [0.717, 1.165) is 12.3 Å². The monoisotopic (exact) mass is 214 g/mol. The van der Waals surface area contributed by atoms with E-state index in [1.807, 2.05) is 6.92 Å². The molecule has 90 valence electrons.